The van der Waals surface area contributed by atoms with Gasteiger partial charge in [-0.3, -0.25) is 15.1 Å². The molecule has 2 heterocycles. The Kier molecular flexibility index (Phi) is 3.68. The Morgan fingerprint density at radius 2 is 1.86 bits per heavy atom. The van der Waals surface area contributed by atoms with E-state index in [1.54, 1.807) is 30.7 Å². The number of rotatable bonds is 4. The van der Waals surface area contributed by atoms with Crippen LogP contribution in [0.5, 0.6) is 5.75 Å². The SMILES string of the molecule is O=C(COc1ccc2ncccc2c1)Nc1ncccn1. The molecule has 0 saturated carbocycles. The zero-order chi connectivity index (χ0) is 14.5. The van der Waals surface area contributed by atoms with E-state index >= 15 is 0 Å². The van der Waals surface area contributed by atoms with E-state index in [1.807, 2.05) is 24.3 Å². The van der Waals surface area contributed by atoms with Gasteiger partial charge in [-0.15, -0.1) is 0 Å². The highest BCUT2D eigenvalue weighted by molar-refractivity contribution is 5.90. The number of hydrogen-bond donors (Lipinski definition) is 1. The van der Waals surface area contributed by atoms with E-state index in [0.29, 0.717) is 5.75 Å². The fourth-order valence-electron chi connectivity index (χ4n) is 1.82. The summed E-state index contributed by atoms with van der Waals surface area (Å²) in [5, 5.41) is 3.51. The van der Waals surface area contributed by atoms with Gasteiger partial charge in [-0.2, -0.15) is 0 Å². The van der Waals surface area contributed by atoms with Crippen molar-refractivity contribution in [2.75, 3.05) is 11.9 Å². The molecule has 0 fully saturated rings. The van der Waals surface area contributed by atoms with Crippen molar-refractivity contribution in [3.05, 3.63) is 55.0 Å². The topological polar surface area (TPSA) is 77.0 Å². The lowest BCUT2D eigenvalue weighted by Crippen LogP contribution is -2.21. The minimum atomic E-state index is -0.313. The zero-order valence-corrected chi connectivity index (χ0v) is 11.1. The van der Waals surface area contributed by atoms with Crippen LogP contribution in [-0.4, -0.2) is 27.5 Å². The molecule has 0 aliphatic carbocycles. The van der Waals surface area contributed by atoms with Gasteiger partial charge in [0.1, 0.15) is 5.75 Å². The number of amides is 1. The van der Waals surface area contributed by atoms with Crippen LogP contribution in [0.15, 0.2) is 55.0 Å². The summed E-state index contributed by atoms with van der Waals surface area (Å²) in [6.07, 6.45) is 4.84. The number of carbonyl (C=O) groups is 1. The lowest BCUT2D eigenvalue weighted by Gasteiger charge is -2.07. The molecule has 0 aliphatic rings. The predicted octanol–water partition coefficient (Wildman–Crippen LogP) is 2.04. The van der Waals surface area contributed by atoms with Crippen molar-refractivity contribution >= 4 is 22.8 Å². The summed E-state index contributed by atoms with van der Waals surface area (Å²) >= 11 is 0. The largest absolute Gasteiger partial charge is 0.484 e. The number of aromatic nitrogens is 3. The number of carbonyl (C=O) groups excluding carboxylic acids is 1. The summed E-state index contributed by atoms with van der Waals surface area (Å²) in [7, 11) is 0. The lowest BCUT2D eigenvalue weighted by molar-refractivity contribution is -0.118. The van der Waals surface area contributed by atoms with E-state index in [1.165, 1.54) is 0 Å². The third kappa shape index (κ3) is 3.30. The van der Waals surface area contributed by atoms with Crippen LogP contribution >= 0.6 is 0 Å². The number of anilines is 1. The molecule has 2 aromatic heterocycles. The molecule has 0 atom stereocenters. The number of nitrogens with zero attached hydrogens (tertiary/aromatic N) is 3. The number of benzene rings is 1. The van der Waals surface area contributed by atoms with Gasteiger partial charge >= 0.3 is 0 Å². The van der Waals surface area contributed by atoms with Gasteiger partial charge in [0.2, 0.25) is 5.95 Å². The summed E-state index contributed by atoms with van der Waals surface area (Å²) in [6, 6.07) is 10.9. The van der Waals surface area contributed by atoms with Crippen LogP contribution in [0, 0.1) is 0 Å². The molecule has 6 heteroatoms. The van der Waals surface area contributed by atoms with E-state index in [0.717, 1.165) is 10.9 Å². The molecule has 3 aromatic rings. The molecule has 0 unspecified atom stereocenters. The molecule has 0 spiro atoms. The summed E-state index contributed by atoms with van der Waals surface area (Å²) in [5.41, 5.74) is 0.881. The zero-order valence-electron chi connectivity index (χ0n) is 11.1. The Labute approximate surface area is 120 Å². The molecule has 6 nitrogen and oxygen atoms in total. The minimum absolute atomic E-state index is 0.107. The van der Waals surface area contributed by atoms with Crippen LogP contribution in [0.25, 0.3) is 10.9 Å². The van der Waals surface area contributed by atoms with E-state index in [4.69, 9.17) is 4.74 Å². The number of hydrogen-bond acceptors (Lipinski definition) is 5. The maximum Gasteiger partial charge on any atom is 0.264 e. The molecule has 1 N–H and O–H groups in total. The Morgan fingerprint density at radius 1 is 1.05 bits per heavy atom. The van der Waals surface area contributed by atoms with Crippen molar-refractivity contribution in [1.82, 2.24) is 15.0 Å². The van der Waals surface area contributed by atoms with Crippen LogP contribution in [0.1, 0.15) is 0 Å². The van der Waals surface area contributed by atoms with Gasteiger partial charge in [-0.25, -0.2) is 9.97 Å². The molecular formula is C15H12N4O2. The van der Waals surface area contributed by atoms with Crippen LogP contribution in [-0.2, 0) is 4.79 Å². The van der Waals surface area contributed by atoms with Gasteiger partial charge in [0, 0.05) is 24.0 Å². The number of fused-ring (bicyclic) bond motifs is 1. The van der Waals surface area contributed by atoms with Crippen molar-refractivity contribution < 1.29 is 9.53 Å². The van der Waals surface area contributed by atoms with Crippen LogP contribution in [0.4, 0.5) is 5.95 Å². The molecule has 3 rings (SSSR count). The first-order valence-electron chi connectivity index (χ1n) is 6.36. The standard InChI is InChI=1S/C15H12N4O2/c20-14(19-15-17-7-2-8-18-15)10-21-12-4-5-13-11(9-12)3-1-6-16-13/h1-9H,10H2,(H,17,18,19,20). The van der Waals surface area contributed by atoms with Gasteiger partial charge in [0.05, 0.1) is 5.52 Å². The molecule has 1 aromatic carbocycles. The maximum atomic E-state index is 11.7. The second-order valence-electron chi connectivity index (χ2n) is 4.27. The average Bonchev–Trinajstić information content (AvgIpc) is 2.54. The van der Waals surface area contributed by atoms with Crippen LogP contribution in [0.3, 0.4) is 0 Å². The van der Waals surface area contributed by atoms with Gasteiger partial charge < -0.3 is 4.74 Å². The predicted molar refractivity (Wildman–Crippen MR) is 77.9 cm³/mol. The smallest absolute Gasteiger partial charge is 0.264 e. The van der Waals surface area contributed by atoms with Gasteiger partial charge in [0.25, 0.3) is 5.91 Å². The number of nitrogens with one attached hydrogen (secondary N) is 1. The monoisotopic (exact) mass is 280 g/mol. The first kappa shape index (κ1) is 13.0. The Balaban J connectivity index is 1.62. The quantitative estimate of drug-likeness (QED) is 0.791. The summed E-state index contributed by atoms with van der Waals surface area (Å²) < 4.78 is 5.45. The van der Waals surface area contributed by atoms with Gasteiger partial charge in [-0.05, 0) is 30.3 Å². The first-order chi connectivity index (χ1) is 10.3. The highest BCUT2D eigenvalue weighted by Gasteiger charge is 2.05. The van der Waals surface area contributed by atoms with Crippen molar-refractivity contribution in [2.24, 2.45) is 0 Å². The van der Waals surface area contributed by atoms with Crippen molar-refractivity contribution in [3.8, 4) is 5.75 Å². The first-order valence-corrected chi connectivity index (χ1v) is 6.36. The Morgan fingerprint density at radius 3 is 2.71 bits per heavy atom. The molecule has 1 amide bonds. The van der Waals surface area contributed by atoms with Crippen molar-refractivity contribution in [3.63, 3.8) is 0 Å². The molecule has 0 aliphatic heterocycles. The van der Waals surface area contributed by atoms with E-state index in [2.05, 4.69) is 20.3 Å². The fraction of sp³-hybridized carbons (Fsp3) is 0.0667. The molecular weight excluding hydrogens is 268 g/mol. The van der Waals surface area contributed by atoms with Crippen molar-refractivity contribution in [2.45, 2.75) is 0 Å². The third-order valence-corrected chi connectivity index (χ3v) is 2.76. The van der Waals surface area contributed by atoms with E-state index in [9.17, 15) is 4.79 Å². The Hall–Kier alpha value is -3.02. The maximum absolute atomic E-state index is 11.7. The van der Waals surface area contributed by atoms with Crippen LogP contribution in [0.2, 0.25) is 0 Å². The summed E-state index contributed by atoms with van der Waals surface area (Å²) in [6.45, 7) is -0.107. The normalized spacial score (nSPS) is 10.3. The number of pyridine rings is 1. The highest BCUT2D eigenvalue weighted by atomic mass is 16.5. The lowest BCUT2D eigenvalue weighted by atomic mass is 10.2. The highest BCUT2D eigenvalue weighted by Crippen LogP contribution is 2.18. The van der Waals surface area contributed by atoms with Gasteiger partial charge in [0.15, 0.2) is 6.61 Å². The summed E-state index contributed by atoms with van der Waals surface area (Å²) in [4.78, 5) is 23.8. The molecule has 104 valence electrons. The Bertz CT molecular complexity index is 762. The van der Waals surface area contributed by atoms with Crippen LogP contribution < -0.4 is 10.1 Å². The third-order valence-electron chi connectivity index (χ3n) is 2.76. The van der Waals surface area contributed by atoms with E-state index in [-0.39, 0.29) is 18.5 Å². The minimum Gasteiger partial charge on any atom is -0.484 e. The number of ether oxygens (including phenoxy) is 1. The molecule has 0 saturated heterocycles. The molecule has 0 radical (unpaired) electrons. The van der Waals surface area contributed by atoms with E-state index < -0.39 is 0 Å². The fourth-order valence-corrected chi connectivity index (χ4v) is 1.82. The summed E-state index contributed by atoms with van der Waals surface area (Å²) in [5.74, 6) is 0.556. The molecule has 0 bridgehead atoms. The van der Waals surface area contributed by atoms with Crippen molar-refractivity contribution in [1.29, 1.82) is 0 Å². The molecule has 21 heavy (non-hydrogen) atoms. The van der Waals surface area contributed by atoms with Gasteiger partial charge in [-0.1, -0.05) is 6.07 Å². The average molecular weight is 280 g/mol. The second-order valence-corrected chi connectivity index (χ2v) is 4.27. The second kappa shape index (κ2) is 5.96.